The Kier molecular flexibility index (Phi) is 4.75. The van der Waals surface area contributed by atoms with Crippen molar-refractivity contribution in [1.29, 1.82) is 0 Å². The molecular formula is C20H23NO2. The number of benzene rings is 1. The van der Waals surface area contributed by atoms with Crippen molar-refractivity contribution in [2.24, 2.45) is 5.92 Å². The van der Waals surface area contributed by atoms with Crippen molar-refractivity contribution in [3.05, 3.63) is 53.8 Å². The standard InChI is InChI=1S/C20H23NO2/c1-2-3-7-15-10-11-16-12-19(22)20(23)13-18(16)21(14-15)17-8-5-4-6-9-17/h4-6,8-9,12-13,15H,2-3,7,10-11,14H2,1H3. The van der Waals surface area contributed by atoms with Crippen LogP contribution < -0.4 is 4.90 Å². The molecule has 0 radical (unpaired) electrons. The predicted molar refractivity (Wildman–Crippen MR) is 92.2 cm³/mol. The van der Waals surface area contributed by atoms with Gasteiger partial charge in [0, 0.05) is 24.0 Å². The van der Waals surface area contributed by atoms with Crippen LogP contribution in [0.3, 0.4) is 0 Å². The quantitative estimate of drug-likeness (QED) is 0.622. The minimum absolute atomic E-state index is 0.385. The molecule has 120 valence electrons. The van der Waals surface area contributed by atoms with Crippen molar-refractivity contribution < 1.29 is 9.59 Å². The number of allylic oxidation sites excluding steroid dienone is 3. The van der Waals surface area contributed by atoms with Gasteiger partial charge in [0.15, 0.2) is 0 Å². The molecule has 0 bridgehead atoms. The summed E-state index contributed by atoms with van der Waals surface area (Å²) in [6.45, 7) is 3.13. The zero-order valence-electron chi connectivity index (χ0n) is 13.6. The maximum Gasteiger partial charge on any atom is 0.227 e. The second-order valence-corrected chi connectivity index (χ2v) is 6.42. The molecule has 1 heterocycles. The Morgan fingerprint density at radius 1 is 1.09 bits per heavy atom. The second-order valence-electron chi connectivity index (χ2n) is 6.42. The summed E-state index contributed by atoms with van der Waals surface area (Å²) in [5, 5.41) is 0. The van der Waals surface area contributed by atoms with Crippen LogP contribution in [0.25, 0.3) is 0 Å². The van der Waals surface area contributed by atoms with E-state index in [2.05, 4.69) is 24.0 Å². The van der Waals surface area contributed by atoms with E-state index in [9.17, 15) is 9.59 Å². The van der Waals surface area contributed by atoms with Crippen LogP contribution in [0.5, 0.6) is 0 Å². The molecule has 0 aromatic heterocycles. The van der Waals surface area contributed by atoms with E-state index in [1.165, 1.54) is 25.3 Å². The van der Waals surface area contributed by atoms with Crippen molar-refractivity contribution in [3.8, 4) is 0 Å². The van der Waals surface area contributed by atoms with Crippen LogP contribution in [0.2, 0.25) is 0 Å². The van der Waals surface area contributed by atoms with Gasteiger partial charge in [-0.1, -0.05) is 38.0 Å². The van der Waals surface area contributed by atoms with Gasteiger partial charge in [0.05, 0.1) is 0 Å². The highest BCUT2D eigenvalue weighted by molar-refractivity contribution is 6.47. The van der Waals surface area contributed by atoms with Crippen LogP contribution >= 0.6 is 0 Å². The van der Waals surface area contributed by atoms with Gasteiger partial charge in [-0.15, -0.1) is 0 Å². The number of carbonyl (C=O) groups is 2. The van der Waals surface area contributed by atoms with E-state index in [1.807, 2.05) is 18.2 Å². The first-order valence-electron chi connectivity index (χ1n) is 8.52. The third-order valence-corrected chi connectivity index (χ3v) is 4.73. The van der Waals surface area contributed by atoms with Crippen LogP contribution in [0.1, 0.15) is 39.0 Å². The lowest BCUT2D eigenvalue weighted by Crippen LogP contribution is -2.30. The second kappa shape index (κ2) is 6.95. The van der Waals surface area contributed by atoms with E-state index in [4.69, 9.17) is 0 Å². The highest BCUT2D eigenvalue weighted by atomic mass is 16.2. The number of rotatable bonds is 4. The molecular weight excluding hydrogens is 286 g/mol. The first-order valence-corrected chi connectivity index (χ1v) is 8.52. The summed E-state index contributed by atoms with van der Waals surface area (Å²) < 4.78 is 0. The van der Waals surface area contributed by atoms with Crippen LogP contribution in [-0.2, 0) is 9.59 Å². The first kappa shape index (κ1) is 15.7. The number of ketones is 2. The highest BCUT2D eigenvalue weighted by Crippen LogP contribution is 2.35. The fourth-order valence-corrected chi connectivity index (χ4v) is 3.43. The van der Waals surface area contributed by atoms with E-state index < -0.39 is 5.78 Å². The molecule has 3 heteroatoms. The number of hydrogen-bond donors (Lipinski definition) is 0. The van der Waals surface area contributed by atoms with Crippen LogP contribution in [0, 0.1) is 5.92 Å². The van der Waals surface area contributed by atoms with E-state index in [0.29, 0.717) is 5.92 Å². The van der Waals surface area contributed by atoms with Crippen LogP contribution in [0.15, 0.2) is 53.8 Å². The summed E-state index contributed by atoms with van der Waals surface area (Å²) in [4.78, 5) is 25.9. The summed E-state index contributed by atoms with van der Waals surface area (Å²) in [6.07, 6.45) is 8.66. The minimum atomic E-state index is -0.406. The summed E-state index contributed by atoms with van der Waals surface area (Å²) >= 11 is 0. The average Bonchev–Trinajstić information content (AvgIpc) is 2.74. The molecule has 1 atom stereocenters. The third-order valence-electron chi connectivity index (χ3n) is 4.73. The molecule has 1 saturated heterocycles. The van der Waals surface area contributed by atoms with Gasteiger partial charge in [-0.05, 0) is 49.0 Å². The monoisotopic (exact) mass is 309 g/mol. The zero-order valence-corrected chi connectivity index (χ0v) is 13.6. The molecule has 1 aliphatic heterocycles. The summed E-state index contributed by atoms with van der Waals surface area (Å²) in [6, 6.07) is 10.2. The van der Waals surface area contributed by atoms with Gasteiger partial charge in [-0.3, -0.25) is 9.59 Å². The van der Waals surface area contributed by atoms with Crippen LogP contribution in [-0.4, -0.2) is 18.1 Å². The lowest BCUT2D eigenvalue weighted by atomic mass is 9.94. The largest absolute Gasteiger partial charge is 0.341 e. The molecule has 3 nitrogen and oxygen atoms in total. The van der Waals surface area contributed by atoms with E-state index >= 15 is 0 Å². The fourth-order valence-electron chi connectivity index (χ4n) is 3.43. The molecule has 1 aromatic carbocycles. The van der Waals surface area contributed by atoms with Gasteiger partial charge in [0.25, 0.3) is 0 Å². The number of unbranched alkanes of at least 4 members (excludes halogenated alkanes) is 1. The van der Waals surface area contributed by atoms with E-state index in [1.54, 1.807) is 6.08 Å². The van der Waals surface area contributed by atoms with Gasteiger partial charge in [0.2, 0.25) is 11.6 Å². The Morgan fingerprint density at radius 2 is 1.83 bits per heavy atom. The molecule has 23 heavy (non-hydrogen) atoms. The lowest BCUT2D eigenvalue weighted by molar-refractivity contribution is -0.131. The van der Waals surface area contributed by atoms with Crippen molar-refractivity contribution in [1.82, 2.24) is 0 Å². The normalized spacial score (nSPS) is 21.4. The highest BCUT2D eigenvalue weighted by Gasteiger charge is 2.29. The Bertz CT molecular complexity index is 657. The van der Waals surface area contributed by atoms with Crippen molar-refractivity contribution in [3.63, 3.8) is 0 Å². The topological polar surface area (TPSA) is 37.4 Å². The SMILES string of the molecule is CCCCC1CCC2=CC(=O)C(=O)C=C2N(c2ccccc2)C1. The summed E-state index contributed by atoms with van der Waals surface area (Å²) in [7, 11) is 0. The molecule has 1 aromatic rings. The van der Waals surface area contributed by atoms with Gasteiger partial charge in [0.1, 0.15) is 0 Å². The van der Waals surface area contributed by atoms with Crippen molar-refractivity contribution in [2.45, 2.75) is 39.0 Å². The van der Waals surface area contributed by atoms with Gasteiger partial charge >= 0.3 is 0 Å². The molecule has 1 fully saturated rings. The molecule has 0 N–H and O–H groups in total. The molecule has 0 spiro atoms. The summed E-state index contributed by atoms with van der Waals surface area (Å²) in [5.41, 5.74) is 3.02. The molecule has 0 saturated carbocycles. The molecule has 1 aliphatic carbocycles. The zero-order chi connectivity index (χ0) is 16.2. The minimum Gasteiger partial charge on any atom is -0.341 e. The lowest BCUT2D eigenvalue weighted by Gasteiger charge is -2.30. The Hall–Kier alpha value is -2.16. The third kappa shape index (κ3) is 3.44. The van der Waals surface area contributed by atoms with Gasteiger partial charge < -0.3 is 4.90 Å². The Morgan fingerprint density at radius 3 is 2.57 bits per heavy atom. The maximum absolute atomic E-state index is 11.9. The number of hydrogen-bond acceptors (Lipinski definition) is 3. The average molecular weight is 309 g/mol. The number of fused-ring (bicyclic) bond motifs is 1. The van der Waals surface area contributed by atoms with Crippen LogP contribution in [0.4, 0.5) is 5.69 Å². The fraction of sp³-hybridized carbons (Fsp3) is 0.400. The number of nitrogens with zero attached hydrogens (tertiary/aromatic N) is 1. The molecule has 3 rings (SSSR count). The molecule has 0 amide bonds. The Labute approximate surface area is 137 Å². The van der Waals surface area contributed by atoms with E-state index in [0.717, 1.165) is 36.3 Å². The number of para-hydroxylation sites is 1. The number of carbonyl (C=O) groups excluding carboxylic acids is 2. The van der Waals surface area contributed by atoms with Gasteiger partial charge in [-0.2, -0.15) is 0 Å². The smallest absolute Gasteiger partial charge is 0.227 e. The van der Waals surface area contributed by atoms with Crippen molar-refractivity contribution in [2.75, 3.05) is 11.4 Å². The number of anilines is 1. The maximum atomic E-state index is 11.9. The van der Waals surface area contributed by atoms with E-state index in [-0.39, 0.29) is 5.78 Å². The molecule has 2 aliphatic rings. The van der Waals surface area contributed by atoms with Crippen molar-refractivity contribution >= 4 is 17.3 Å². The summed E-state index contributed by atoms with van der Waals surface area (Å²) in [5.74, 6) is -0.201. The predicted octanol–water partition coefficient (Wildman–Crippen LogP) is 4.06. The van der Waals surface area contributed by atoms with Gasteiger partial charge in [-0.25, -0.2) is 0 Å². The Balaban J connectivity index is 1.96. The first-order chi connectivity index (χ1) is 11.2. The molecule has 1 unspecified atom stereocenters.